The average Bonchev–Trinajstić information content (AvgIpc) is 2.74. The Labute approximate surface area is 170 Å². The Hall–Kier alpha value is -3.36. The van der Waals surface area contributed by atoms with Crippen LogP contribution in [0.3, 0.4) is 0 Å². The number of benzene rings is 1. The number of piperidine rings is 1. The number of hydrogen-bond acceptors (Lipinski definition) is 5. The van der Waals surface area contributed by atoms with Gasteiger partial charge in [-0.2, -0.15) is 13.2 Å². The molecule has 0 atom stereocenters. The SMILES string of the molecule is O=C(O)C(F)(F)F.Oc1cc(-c2ccc(N3CCCCC3)nc2)cc2cccnc12. The molecular weight excluding hydrogens is 399 g/mol. The van der Waals surface area contributed by atoms with E-state index in [9.17, 15) is 18.3 Å². The van der Waals surface area contributed by atoms with E-state index in [4.69, 9.17) is 9.90 Å². The van der Waals surface area contributed by atoms with E-state index in [1.807, 2.05) is 24.4 Å². The highest BCUT2D eigenvalue weighted by atomic mass is 19.4. The van der Waals surface area contributed by atoms with Gasteiger partial charge in [-0.25, -0.2) is 9.78 Å². The predicted molar refractivity (Wildman–Crippen MR) is 106 cm³/mol. The molecule has 0 saturated carbocycles. The van der Waals surface area contributed by atoms with E-state index in [1.54, 1.807) is 12.3 Å². The number of anilines is 1. The molecule has 9 heteroatoms. The number of nitrogens with zero attached hydrogens (tertiary/aromatic N) is 3. The standard InChI is InChI=1S/C19H19N3O.C2HF3O2/c23-17-12-16(11-14-5-4-8-20-19(14)17)15-6-7-18(21-13-15)22-9-2-1-3-10-22;3-2(4,5)1(6)7/h4-8,11-13,23H,1-3,9-10H2;(H,6,7). The molecule has 0 bridgehead atoms. The number of halogens is 3. The highest BCUT2D eigenvalue weighted by Crippen LogP contribution is 2.31. The van der Waals surface area contributed by atoms with Crippen LogP contribution in [0, 0.1) is 0 Å². The lowest BCUT2D eigenvalue weighted by molar-refractivity contribution is -0.192. The van der Waals surface area contributed by atoms with Crippen LogP contribution in [0.15, 0.2) is 48.8 Å². The summed E-state index contributed by atoms with van der Waals surface area (Å²) in [5, 5.41) is 18.2. The fourth-order valence-corrected chi connectivity index (χ4v) is 3.21. The summed E-state index contributed by atoms with van der Waals surface area (Å²) in [4.78, 5) is 20.1. The number of hydrogen-bond donors (Lipinski definition) is 2. The Morgan fingerprint density at radius 3 is 2.30 bits per heavy atom. The molecule has 0 spiro atoms. The van der Waals surface area contributed by atoms with Gasteiger partial charge in [0.05, 0.1) is 0 Å². The number of carbonyl (C=O) groups is 1. The van der Waals surface area contributed by atoms with E-state index in [1.165, 1.54) is 19.3 Å². The highest BCUT2D eigenvalue weighted by molar-refractivity contribution is 5.89. The van der Waals surface area contributed by atoms with E-state index in [2.05, 4.69) is 27.0 Å². The smallest absolute Gasteiger partial charge is 0.490 e. The van der Waals surface area contributed by atoms with Crippen molar-refractivity contribution in [3.05, 3.63) is 48.8 Å². The summed E-state index contributed by atoms with van der Waals surface area (Å²) in [5.74, 6) is -1.51. The number of carboxylic acid groups (broad SMARTS) is 1. The molecule has 0 aliphatic carbocycles. The summed E-state index contributed by atoms with van der Waals surface area (Å²) in [5.41, 5.74) is 2.60. The Morgan fingerprint density at radius 1 is 1.00 bits per heavy atom. The van der Waals surface area contributed by atoms with Crippen LogP contribution in [0.1, 0.15) is 19.3 Å². The zero-order valence-electron chi connectivity index (χ0n) is 15.9. The maximum atomic E-state index is 10.6. The van der Waals surface area contributed by atoms with Crippen LogP contribution >= 0.6 is 0 Å². The van der Waals surface area contributed by atoms with Gasteiger partial charge in [0.15, 0.2) is 0 Å². The summed E-state index contributed by atoms with van der Waals surface area (Å²) in [7, 11) is 0. The van der Waals surface area contributed by atoms with Crippen molar-refractivity contribution in [2.24, 2.45) is 0 Å². The lowest BCUT2D eigenvalue weighted by Gasteiger charge is -2.27. The zero-order chi connectivity index (χ0) is 21.7. The van der Waals surface area contributed by atoms with Crippen LogP contribution in [0.25, 0.3) is 22.0 Å². The maximum absolute atomic E-state index is 10.6. The van der Waals surface area contributed by atoms with Crippen LogP contribution < -0.4 is 4.90 Å². The Bertz CT molecular complexity index is 1020. The topological polar surface area (TPSA) is 86.5 Å². The minimum Gasteiger partial charge on any atom is -0.506 e. The third-order valence-corrected chi connectivity index (χ3v) is 4.69. The summed E-state index contributed by atoms with van der Waals surface area (Å²) in [6, 6.07) is 11.8. The van der Waals surface area contributed by atoms with Crippen molar-refractivity contribution >= 4 is 22.7 Å². The minimum atomic E-state index is -5.08. The Balaban J connectivity index is 0.000000318. The fourth-order valence-electron chi connectivity index (χ4n) is 3.21. The van der Waals surface area contributed by atoms with Gasteiger partial charge in [0, 0.05) is 36.4 Å². The number of rotatable bonds is 2. The Kier molecular flexibility index (Phi) is 6.39. The second-order valence-electron chi connectivity index (χ2n) is 6.83. The molecule has 3 heterocycles. The van der Waals surface area contributed by atoms with Gasteiger partial charge in [-0.15, -0.1) is 0 Å². The number of fused-ring (bicyclic) bond motifs is 1. The molecule has 30 heavy (non-hydrogen) atoms. The van der Waals surface area contributed by atoms with Gasteiger partial charge in [0.25, 0.3) is 0 Å². The third-order valence-electron chi connectivity index (χ3n) is 4.69. The molecule has 2 N–H and O–H groups in total. The van der Waals surface area contributed by atoms with Crippen molar-refractivity contribution in [2.45, 2.75) is 25.4 Å². The van der Waals surface area contributed by atoms with Crippen molar-refractivity contribution in [1.29, 1.82) is 0 Å². The number of aromatic nitrogens is 2. The largest absolute Gasteiger partial charge is 0.506 e. The zero-order valence-corrected chi connectivity index (χ0v) is 15.9. The number of alkyl halides is 3. The second kappa shape index (κ2) is 8.98. The average molecular weight is 419 g/mol. The molecule has 158 valence electrons. The van der Waals surface area contributed by atoms with E-state index < -0.39 is 12.1 Å². The van der Waals surface area contributed by atoms with Gasteiger partial charge >= 0.3 is 12.1 Å². The molecule has 0 amide bonds. The molecule has 3 aromatic rings. The van der Waals surface area contributed by atoms with Crippen molar-refractivity contribution in [3.63, 3.8) is 0 Å². The third kappa shape index (κ3) is 5.16. The van der Waals surface area contributed by atoms with E-state index in [-0.39, 0.29) is 5.75 Å². The van der Waals surface area contributed by atoms with Crippen LogP contribution in [0.4, 0.5) is 19.0 Å². The molecule has 6 nitrogen and oxygen atoms in total. The molecule has 0 radical (unpaired) electrons. The van der Waals surface area contributed by atoms with Gasteiger partial charge in [-0.05, 0) is 55.2 Å². The van der Waals surface area contributed by atoms with Gasteiger partial charge in [0.1, 0.15) is 17.1 Å². The predicted octanol–water partition coefficient (Wildman–Crippen LogP) is 4.63. The minimum absolute atomic E-state index is 0.207. The molecular formula is C21H20F3N3O3. The molecule has 2 aromatic heterocycles. The number of aliphatic carboxylic acids is 1. The summed E-state index contributed by atoms with van der Waals surface area (Å²) < 4.78 is 31.7. The molecule has 1 aliphatic rings. The summed E-state index contributed by atoms with van der Waals surface area (Å²) >= 11 is 0. The lowest BCUT2D eigenvalue weighted by Crippen LogP contribution is -2.29. The molecule has 1 aromatic carbocycles. The van der Waals surface area contributed by atoms with E-state index in [0.717, 1.165) is 35.4 Å². The second-order valence-corrected chi connectivity index (χ2v) is 6.83. The highest BCUT2D eigenvalue weighted by Gasteiger charge is 2.38. The molecule has 1 aliphatic heterocycles. The first-order chi connectivity index (χ1) is 14.3. The molecule has 4 rings (SSSR count). The van der Waals surface area contributed by atoms with E-state index in [0.29, 0.717) is 5.52 Å². The van der Waals surface area contributed by atoms with Gasteiger partial charge in [0.2, 0.25) is 0 Å². The van der Waals surface area contributed by atoms with Crippen molar-refractivity contribution < 1.29 is 28.2 Å². The normalized spacial score (nSPS) is 14.2. The monoisotopic (exact) mass is 419 g/mol. The number of aromatic hydroxyl groups is 1. The van der Waals surface area contributed by atoms with Gasteiger partial charge in [-0.3, -0.25) is 4.98 Å². The first-order valence-corrected chi connectivity index (χ1v) is 9.35. The van der Waals surface area contributed by atoms with Crippen molar-refractivity contribution in [2.75, 3.05) is 18.0 Å². The van der Waals surface area contributed by atoms with Crippen molar-refractivity contribution in [3.8, 4) is 16.9 Å². The number of carboxylic acids is 1. The number of phenols is 1. The fraction of sp³-hybridized carbons (Fsp3) is 0.286. The quantitative estimate of drug-likeness (QED) is 0.630. The van der Waals surface area contributed by atoms with Gasteiger partial charge < -0.3 is 15.1 Å². The lowest BCUT2D eigenvalue weighted by atomic mass is 10.0. The summed E-state index contributed by atoms with van der Waals surface area (Å²) in [6.07, 6.45) is 2.31. The number of pyridine rings is 2. The molecule has 1 saturated heterocycles. The van der Waals surface area contributed by atoms with Crippen molar-refractivity contribution in [1.82, 2.24) is 9.97 Å². The van der Waals surface area contributed by atoms with Crippen LogP contribution in [-0.2, 0) is 4.79 Å². The molecule has 1 fully saturated rings. The summed E-state index contributed by atoms with van der Waals surface area (Å²) in [6.45, 7) is 2.18. The van der Waals surface area contributed by atoms with E-state index >= 15 is 0 Å². The Morgan fingerprint density at radius 2 is 1.70 bits per heavy atom. The van der Waals surface area contributed by atoms with Crippen LogP contribution in [0.2, 0.25) is 0 Å². The first kappa shape index (κ1) is 21.4. The van der Waals surface area contributed by atoms with Crippen LogP contribution in [-0.4, -0.2) is 45.4 Å². The maximum Gasteiger partial charge on any atom is 0.490 e. The number of phenolic OH excluding ortho intramolecular Hbond substituents is 1. The van der Waals surface area contributed by atoms with Gasteiger partial charge in [-0.1, -0.05) is 6.07 Å². The van der Waals surface area contributed by atoms with Crippen LogP contribution in [0.5, 0.6) is 5.75 Å². The molecule has 0 unspecified atom stereocenters. The first-order valence-electron chi connectivity index (χ1n) is 9.35.